The van der Waals surface area contributed by atoms with Crippen LogP contribution in [0.5, 0.6) is 0 Å². The first-order valence-electron chi connectivity index (χ1n) is 10.8. The van der Waals surface area contributed by atoms with E-state index in [-0.39, 0.29) is 29.4 Å². The van der Waals surface area contributed by atoms with Crippen molar-refractivity contribution in [1.82, 2.24) is 10.2 Å². The van der Waals surface area contributed by atoms with Crippen molar-refractivity contribution in [3.8, 4) is 11.5 Å². The summed E-state index contributed by atoms with van der Waals surface area (Å²) in [6.07, 6.45) is 6.23. The van der Waals surface area contributed by atoms with Gasteiger partial charge in [-0.3, -0.25) is 25.0 Å². The maximum Gasteiger partial charge on any atom is 0.322 e. The van der Waals surface area contributed by atoms with E-state index in [0.717, 1.165) is 12.8 Å². The largest absolute Gasteiger partial charge is 0.403 e. The standard InChI is InChI=1S/C24H21N5O5/c1-24(13-14-2-7-17(24)12-14)22(31)25-18-8-3-15(4-9-18)20(30)26-23-28-27-21(34-23)16-5-10-19(11-6-16)29(32)33/h2-11,14,17H,12-13H2,1H3,(H,25,31)(H,26,28,30)/t14-,17-,24+/m0/s1. The third kappa shape index (κ3) is 3.94. The van der Waals surface area contributed by atoms with Gasteiger partial charge in [-0.2, -0.15) is 0 Å². The molecule has 0 spiro atoms. The fraction of sp³-hybridized carbons (Fsp3) is 0.250. The Labute approximate surface area is 194 Å². The lowest BCUT2D eigenvalue weighted by atomic mass is 9.77. The Hall–Kier alpha value is -4.34. The summed E-state index contributed by atoms with van der Waals surface area (Å²) in [7, 11) is 0. The second-order valence-corrected chi connectivity index (χ2v) is 8.81. The molecule has 2 aliphatic rings. The number of allylic oxidation sites excluding steroid dienone is 2. The van der Waals surface area contributed by atoms with Crippen LogP contribution < -0.4 is 10.6 Å². The minimum Gasteiger partial charge on any atom is -0.403 e. The zero-order valence-electron chi connectivity index (χ0n) is 18.2. The van der Waals surface area contributed by atoms with Gasteiger partial charge in [0.25, 0.3) is 11.6 Å². The van der Waals surface area contributed by atoms with Gasteiger partial charge < -0.3 is 9.73 Å². The summed E-state index contributed by atoms with van der Waals surface area (Å²) in [6, 6.07) is 12.1. The number of hydrogen-bond donors (Lipinski definition) is 2. The molecule has 1 saturated carbocycles. The van der Waals surface area contributed by atoms with Gasteiger partial charge in [0.2, 0.25) is 11.8 Å². The van der Waals surface area contributed by atoms with Crippen LogP contribution in [0.3, 0.4) is 0 Å². The van der Waals surface area contributed by atoms with E-state index in [0.29, 0.717) is 22.7 Å². The van der Waals surface area contributed by atoms with Crippen molar-refractivity contribution < 1.29 is 18.9 Å². The van der Waals surface area contributed by atoms with Crippen molar-refractivity contribution in [2.45, 2.75) is 19.8 Å². The second kappa shape index (κ2) is 8.22. The number of fused-ring (bicyclic) bond motifs is 2. The molecule has 34 heavy (non-hydrogen) atoms. The molecular formula is C24H21N5O5. The molecule has 1 aromatic heterocycles. The summed E-state index contributed by atoms with van der Waals surface area (Å²) in [5.41, 5.74) is 0.987. The third-order valence-corrected chi connectivity index (χ3v) is 6.57. The average Bonchev–Trinajstić information content (AvgIpc) is 3.56. The summed E-state index contributed by atoms with van der Waals surface area (Å²) in [4.78, 5) is 35.7. The summed E-state index contributed by atoms with van der Waals surface area (Å²) in [5.74, 6) is 0.408. The van der Waals surface area contributed by atoms with Crippen LogP contribution in [-0.2, 0) is 4.79 Å². The number of non-ortho nitro benzene ring substituents is 1. The van der Waals surface area contributed by atoms with Crippen molar-refractivity contribution in [2.75, 3.05) is 10.6 Å². The SMILES string of the molecule is C[C@@]1(C(=O)Nc2ccc(C(=O)Nc3nnc(-c4ccc([N+](=O)[O-])cc4)o3)cc2)C[C@H]2C=C[C@H]1C2. The van der Waals surface area contributed by atoms with E-state index in [1.165, 1.54) is 24.3 Å². The molecule has 0 saturated heterocycles. The molecule has 2 aliphatic carbocycles. The van der Waals surface area contributed by atoms with E-state index >= 15 is 0 Å². The number of nitro benzene ring substituents is 1. The van der Waals surface area contributed by atoms with E-state index in [1.54, 1.807) is 24.3 Å². The molecule has 0 radical (unpaired) electrons. The predicted molar refractivity (Wildman–Crippen MR) is 123 cm³/mol. The monoisotopic (exact) mass is 459 g/mol. The Bertz CT molecular complexity index is 1300. The highest BCUT2D eigenvalue weighted by molar-refractivity contribution is 6.03. The Morgan fingerprint density at radius 1 is 1.06 bits per heavy atom. The molecule has 10 nitrogen and oxygen atoms in total. The summed E-state index contributed by atoms with van der Waals surface area (Å²) < 4.78 is 5.44. The third-order valence-electron chi connectivity index (χ3n) is 6.57. The number of nitro groups is 1. The van der Waals surface area contributed by atoms with Gasteiger partial charge in [-0.05, 0) is 61.1 Å². The number of anilines is 2. The van der Waals surface area contributed by atoms with E-state index in [4.69, 9.17) is 4.42 Å². The van der Waals surface area contributed by atoms with Crippen molar-refractivity contribution in [3.05, 3.63) is 76.4 Å². The van der Waals surface area contributed by atoms with Crippen LogP contribution in [0.2, 0.25) is 0 Å². The molecule has 2 bridgehead atoms. The highest BCUT2D eigenvalue weighted by Gasteiger charge is 2.49. The molecule has 0 unspecified atom stereocenters. The Morgan fingerprint density at radius 3 is 2.41 bits per heavy atom. The van der Waals surface area contributed by atoms with Gasteiger partial charge in [-0.15, -0.1) is 5.10 Å². The van der Waals surface area contributed by atoms with Crippen LogP contribution in [0, 0.1) is 27.4 Å². The molecule has 3 aromatic rings. The number of aromatic nitrogens is 2. The van der Waals surface area contributed by atoms with Crippen LogP contribution >= 0.6 is 0 Å². The first kappa shape index (κ1) is 21.5. The molecule has 5 rings (SSSR count). The van der Waals surface area contributed by atoms with E-state index in [9.17, 15) is 19.7 Å². The number of rotatable bonds is 6. The number of carbonyl (C=O) groups is 2. The normalized spacial score (nSPS) is 22.5. The van der Waals surface area contributed by atoms with Crippen LogP contribution in [0.1, 0.15) is 30.1 Å². The van der Waals surface area contributed by atoms with Gasteiger partial charge in [-0.1, -0.05) is 24.2 Å². The van der Waals surface area contributed by atoms with Crippen molar-refractivity contribution in [2.24, 2.45) is 17.3 Å². The molecule has 3 atom stereocenters. The average molecular weight is 459 g/mol. The van der Waals surface area contributed by atoms with Gasteiger partial charge in [-0.25, -0.2) is 0 Å². The van der Waals surface area contributed by atoms with Crippen LogP contribution in [0.15, 0.2) is 65.1 Å². The quantitative estimate of drug-likeness (QED) is 0.315. The number of hydrogen-bond acceptors (Lipinski definition) is 7. The Balaban J connectivity index is 1.21. The lowest BCUT2D eigenvalue weighted by molar-refractivity contribution is -0.384. The first-order chi connectivity index (χ1) is 16.3. The highest BCUT2D eigenvalue weighted by Crippen LogP contribution is 2.52. The Morgan fingerprint density at radius 2 is 1.79 bits per heavy atom. The Kier molecular flexibility index (Phi) is 5.20. The lowest BCUT2D eigenvalue weighted by Gasteiger charge is -2.29. The molecule has 1 heterocycles. The molecule has 0 aliphatic heterocycles. The van der Waals surface area contributed by atoms with Crippen molar-refractivity contribution in [3.63, 3.8) is 0 Å². The minimum absolute atomic E-state index is 0.00816. The number of benzene rings is 2. The molecule has 172 valence electrons. The molecule has 1 fully saturated rings. The van der Waals surface area contributed by atoms with E-state index in [1.807, 2.05) is 6.92 Å². The zero-order valence-corrected chi connectivity index (χ0v) is 18.2. The molecule has 2 N–H and O–H groups in total. The molecular weight excluding hydrogens is 438 g/mol. The zero-order chi connectivity index (χ0) is 23.9. The number of nitrogens with one attached hydrogen (secondary N) is 2. The van der Waals surface area contributed by atoms with Crippen LogP contribution in [-0.4, -0.2) is 26.9 Å². The lowest BCUT2D eigenvalue weighted by Crippen LogP contribution is -2.36. The summed E-state index contributed by atoms with van der Waals surface area (Å²) in [5, 5.41) is 23.9. The second-order valence-electron chi connectivity index (χ2n) is 8.81. The van der Waals surface area contributed by atoms with Crippen molar-refractivity contribution >= 4 is 29.2 Å². The van der Waals surface area contributed by atoms with Gasteiger partial charge in [0.15, 0.2) is 0 Å². The number of carbonyl (C=O) groups excluding carboxylic acids is 2. The summed E-state index contributed by atoms with van der Waals surface area (Å²) in [6.45, 7) is 2.01. The predicted octanol–water partition coefficient (Wildman–Crippen LogP) is 4.44. The topological polar surface area (TPSA) is 140 Å². The molecule has 10 heteroatoms. The fourth-order valence-corrected chi connectivity index (χ4v) is 4.62. The van der Waals surface area contributed by atoms with Crippen LogP contribution in [0.4, 0.5) is 17.4 Å². The van der Waals surface area contributed by atoms with E-state index in [2.05, 4.69) is 33.0 Å². The van der Waals surface area contributed by atoms with E-state index < -0.39 is 16.2 Å². The number of nitrogens with zero attached hydrogens (tertiary/aromatic N) is 3. The minimum atomic E-state index is -0.504. The summed E-state index contributed by atoms with van der Waals surface area (Å²) >= 11 is 0. The molecule has 2 aromatic carbocycles. The smallest absolute Gasteiger partial charge is 0.322 e. The van der Waals surface area contributed by atoms with Gasteiger partial charge >= 0.3 is 6.01 Å². The van der Waals surface area contributed by atoms with Gasteiger partial charge in [0.05, 0.1) is 10.3 Å². The van der Waals surface area contributed by atoms with Crippen LogP contribution in [0.25, 0.3) is 11.5 Å². The van der Waals surface area contributed by atoms with Gasteiger partial charge in [0, 0.05) is 28.9 Å². The number of amides is 2. The highest BCUT2D eigenvalue weighted by atomic mass is 16.6. The maximum atomic E-state index is 12.9. The van der Waals surface area contributed by atoms with Crippen molar-refractivity contribution in [1.29, 1.82) is 0 Å². The fourth-order valence-electron chi connectivity index (χ4n) is 4.62. The maximum absolute atomic E-state index is 12.9. The molecule has 2 amide bonds. The first-order valence-corrected chi connectivity index (χ1v) is 10.8. The van der Waals surface area contributed by atoms with Gasteiger partial charge in [0.1, 0.15) is 0 Å².